The molecule has 0 radical (unpaired) electrons. The van der Waals surface area contributed by atoms with Gasteiger partial charge in [-0.2, -0.15) is 0 Å². The van der Waals surface area contributed by atoms with Gasteiger partial charge in [-0.1, -0.05) is 35.5 Å². The zero-order valence-electron chi connectivity index (χ0n) is 14.2. The zero-order chi connectivity index (χ0) is 17.2. The molecule has 1 saturated heterocycles. The number of nitrogens with zero attached hydrogens (tertiary/aromatic N) is 2. The van der Waals surface area contributed by atoms with E-state index in [2.05, 4.69) is 10.5 Å². The van der Waals surface area contributed by atoms with Crippen molar-refractivity contribution in [3.8, 4) is 0 Å². The lowest BCUT2D eigenvalue weighted by Crippen LogP contribution is -2.46. The Hall–Kier alpha value is -2.37. The number of hydrogen-bond donors (Lipinski definition) is 1. The minimum Gasteiger partial charge on any atom is -0.382 e. The third-order valence-corrected chi connectivity index (χ3v) is 5.15. The Morgan fingerprint density at radius 2 is 1.80 bits per heavy atom. The summed E-state index contributed by atoms with van der Waals surface area (Å²) in [6.45, 7) is 1.23. The van der Waals surface area contributed by atoms with Crippen LogP contribution in [0.25, 0.3) is 0 Å². The molecule has 1 aromatic rings. The fourth-order valence-corrected chi connectivity index (χ4v) is 3.42. The number of oxime groups is 1. The summed E-state index contributed by atoms with van der Waals surface area (Å²) in [5.74, 6) is 0.169. The smallest absolute Gasteiger partial charge is 0.266 e. The van der Waals surface area contributed by atoms with Crippen LogP contribution in [0.15, 0.2) is 35.5 Å². The first-order valence-electron chi connectivity index (χ1n) is 9.08. The van der Waals surface area contributed by atoms with E-state index in [-0.39, 0.29) is 17.7 Å². The van der Waals surface area contributed by atoms with Crippen molar-refractivity contribution in [2.75, 3.05) is 13.1 Å². The van der Waals surface area contributed by atoms with Crippen LogP contribution in [0.1, 0.15) is 37.7 Å². The Morgan fingerprint density at radius 3 is 2.48 bits per heavy atom. The molecule has 1 aromatic carbocycles. The fraction of sp³-hybridized carbons (Fsp3) is 0.526. The Labute approximate surface area is 147 Å². The first kappa shape index (κ1) is 16.1. The SMILES string of the molecule is O=C(NC1CC1)C1CCN(C(=O)[C@@H]2CC(c3ccccc3)=NO2)CC1. The summed E-state index contributed by atoms with van der Waals surface area (Å²) in [6, 6.07) is 10.2. The molecule has 1 aliphatic carbocycles. The average Bonchev–Trinajstić information content (AvgIpc) is 3.34. The molecule has 1 N–H and O–H groups in total. The molecular formula is C19H23N3O3. The van der Waals surface area contributed by atoms with Crippen molar-refractivity contribution in [1.29, 1.82) is 0 Å². The standard InChI is InChI=1S/C19H23N3O3/c23-18(20-15-6-7-15)14-8-10-22(11-9-14)19(24)17-12-16(21-25-17)13-4-2-1-3-5-13/h1-5,14-15,17H,6-12H2,(H,20,23)/t17-/m0/s1. The number of carbonyl (C=O) groups is 2. The molecule has 25 heavy (non-hydrogen) atoms. The lowest BCUT2D eigenvalue weighted by atomic mass is 9.95. The van der Waals surface area contributed by atoms with Gasteiger partial charge in [0, 0.05) is 31.5 Å². The predicted octanol–water partition coefficient (Wildman–Crippen LogP) is 1.70. The summed E-state index contributed by atoms with van der Waals surface area (Å²) in [4.78, 5) is 32.0. The molecule has 2 fully saturated rings. The van der Waals surface area contributed by atoms with Crippen LogP contribution < -0.4 is 5.32 Å². The van der Waals surface area contributed by atoms with E-state index >= 15 is 0 Å². The van der Waals surface area contributed by atoms with Gasteiger partial charge in [0.15, 0.2) is 0 Å². The first-order valence-corrected chi connectivity index (χ1v) is 9.08. The Bertz CT molecular complexity index is 676. The van der Waals surface area contributed by atoms with Crippen molar-refractivity contribution in [3.05, 3.63) is 35.9 Å². The molecule has 0 aromatic heterocycles. The van der Waals surface area contributed by atoms with E-state index in [4.69, 9.17) is 4.84 Å². The molecule has 6 nitrogen and oxygen atoms in total. The quantitative estimate of drug-likeness (QED) is 0.906. The third kappa shape index (κ3) is 3.67. The van der Waals surface area contributed by atoms with E-state index in [9.17, 15) is 9.59 Å². The van der Waals surface area contributed by atoms with Gasteiger partial charge in [0.25, 0.3) is 5.91 Å². The van der Waals surface area contributed by atoms with Crippen LogP contribution >= 0.6 is 0 Å². The van der Waals surface area contributed by atoms with Gasteiger partial charge >= 0.3 is 0 Å². The number of benzene rings is 1. The molecule has 0 spiro atoms. The van der Waals surface area contributed by atoms with Crippen molar-refractivity contribution >= 4 is 17.5 Å². The van der Waals surface area contributed by atoms with Crippen LogP contribution in [0, 0.1) is 5.92 Å². The molecular weight excluding hydrogens is 318 g/mol. The maximum absolute atomic E-state index is 12.7. The van der Waals surface area contributed by atoms with Crippen LogP contribution in [0.5, 0.6) is 0 Å². The number of piperidine rings is 1. The summed E-state index contributed by atoms with van der Waals surface area (Å²) in [6.07, 6.45) is 3.63. The Kier molecular flexibility index (Phi) is 4.42. The maximum atomic E-state index is 12.7. The van der Waals surface area contributed by atoms with Gasteiger partial charge in [-0.3, -0.25) is 9.59 Å². The van der Waals surface area contributed by atoms with Crippen molar-refractivity contribution in [2.45, 2.75) is 44.2 Å². The second kappa shape index (κ2) is 6.86. The maximum Gasteiger partial charge on any atom is 0.266 e. The fourth-order valence-electron chi connectivity index (χ4n) is 3.42. The molecule has 132 valence electrons. The molecule has 0 unspecified atom stereocenters. The Morgan fingerprint density at radius 1 is 1.08 bits per heavy atom. The third-order valence-electron chi connectivity index (χ3n) is 5.15. The number of likely N-dealkylation sites (tertiary alicyclic amines) is 1. The molecule has 2 amide bonds. The van der Waals surface area contributed by atoms with Gasteiger partial charge in [-0.05, 0) is 31.2 Å². The van der Waals surface area contributed by atoms with Crippen LogP contribution in [-0.4, -0.2) is 47.7 Å². The second-order valence-corrected chi connectivity index (χ2v) is 7.08. The lowest BCUT2D eigenvalue weighted by Gasteiger charge is -2.32. The highest BCUT2D eigenvalue weighted by atomic mass is 16.6. The van der Waals surface area contributed by atoms with Crippen molar-refractivity contribution in [2.24, 2.45) is 11.1 Å². The van der Waals surface area contributed by atoms with Crippen molar-refractivity contribution in [3.63, 3.8) is 0 Å². The molecule has 1 saturated carbocycles. The van der Waals surface area contributed by atoms with E-state index < -0.39 is 6.10 Å². The Balaban J connectivity index is 1.27. The highest BCUT2D eigenvalue weighted by molar-refractivity contribution is 6.04. The summed E-state index contributed by atoms with van der Waals surface area (Å²) < 4.78 is 0. The lowest BCUT2D eigenvalue weighted by molar-refractivity contribution is -0.144. The van der Waals surface area contributed by atoms with Gasteiger partial charge in [0.2, 0.25) is 12.0 Å². The minimum absolute atomic E-state index is 0.0178. The molecule has 4 rings (SSSR count). The second-order valence-electron chi connectivity index (χ2n) is 7.08. The van der Waals surface area contributed by atoms with Gasteiger partial charge in [0.05, 0.1) is 5.71 Å². The van der Waals surface area contributed by atoms with Gasteiger partial charge < -0.3 is 15.1 Å². The number of nitrogens with one attached hydrogen (secondary N) is 1. The van der Waals surface area contributed by atoms with E-state index in [1.165, 1.54) is 0 Å². The van der Waals surface area contributed by atoms with Gasteiger partial charge in [-0.15, -0.1) is 0 Å². The highest BCUT2D eigenvalue weighted by Crippen LogP contribution is 2.24. The summed E-state index contributed by atoms with van der Waals surface area (Å²) >= 11 is 0. The molecule has 6 heteroatoms. The minimum atomic E-state index is -0.535. The topological polar surface area (TPSA) is 71.0 Å². The van der Waals surface area contributed by atoms with Crippen LogP contribution in [0.4, 0.5) is 0 Å². The van der Waals surface area contributed by atoms with E-state index in [0.717, 1.165) is 37.0 Å². The van der Waals surface area contributed by atoms with Crippen LogP contribution in [-0.2, 0) is 14.4 Å². The largest absolute Gasteiger partial charge is 0.382 e. The highest BCUT2D eigenvalue weighted by Gasteiger charge is 2.36. The summed E-state index contributed by atoms with van der Waals surface area (Å²) in [7, 11) is 0. The number of rotatable bonds is 4. The van der Waals surface area contributed by atoms with Crippen molar-refractivity contribution < 1.29 is 14.4 Å². The summed E-state index contributed by atoms with van der Waals surface area (Å²) in [5.41, 5.74) is 1.81. The summed E-state index contributed by atoms with van der Waals surface area (Å²) in [5, 5.41) is 7.15. The van der Waals surface area contributed by atoms with E-state index in [1.54, 1.807) is 0 Å². The number of carbonyl (C=O) groups excluding carboxylic acids is 2. The average molecular weight is 341 g/mol. The molecule has 1 atom stereocenters. The molecule has 2 aliphatic heterocycles. The zero-order valence-corrected chi connectivity index (χ0v) is 14.2. The van der Waals surface area contributed by atoms with Crippen molar-refractivity contribution in [1.82, 2.24) is 10.2 Å². The van der Waals surface area contributed by atoms with Crippen LogP contribution in [0.2, 0.25) is 0 Å². The van der Waals surface area contributed by atoms with E-state index in [1.807, 2.05) is 35.2 Å². The first-order chi connectivity index (χ1) is 12.2. The molecule has 0 bridgehead atoms. The number of hydrogen-bond acceptors (Lipinski definition) is 4. The monoisotopic (exact) mass is 341 g/mol. The predicted molar refractivity (Wildman–Crippen MR) is 92.9 cm³/mol. The molecule has 2 heterocycles. The van der Waals surface area contributed by atoms with Gasteiger partial charge in [-0.25, -0.2) is 0 Å². The number of amides is 2. The van der Waals surface area contributed by atoms with E-state index in [0.29, 0.717) is 25.6 Å². The molecule has 3 aliphatic rings. The van der Waals surface area contributed by atoms with Crippen LogP contribution in [0.3, 0.4) is 0 Å². The normalized spacial score (nSPS) is 23.8. The van der Waals surface area contributed by atoms with Gasteiger partial charge in [0.1, 0.15) is 0 Å².